The van der Waals surface area contributed by atoms with E-state index in [9.17, 15) is 22.0 Å². The molecular formula is C25H27F2N3O3S. The number of hydrogen-bond acceptors (Lipinski definition) is 4. The van der Waals surface area contributed by atoms with Gasteiger partial charge in [0.15, 0.2) is 9.84 Å². The van der Waals surface area contributed by atoms with E-state index in [1.165, 1.54) is 12.1 Å². The van der Waals surface area contributed by atoms with Crippen LogP contribution >= 0.6 is 0 Å². The van der Waals surface area contributed by atoms with E-state index in [0.29, 0.717) is 24.4 Å². The number of alkyl halides is 2. The molecule has 0 radical (unpaired) electrons. The Kier molecular flexibility index (Phi) is 5.91. The van der Waals surface area contributed by atoms with E-state index in [1.807, 2.05) is 24.3 Å². The van der Waals surface area contributed by atoms with Crippen LogP contribution in [0.2, 0.25) is 0 Å². The van der Waals surface area contributed by atoms with Gasteiger partial charge in [-0.25, -0.2) is 22.2 Å². The molecular weight excluding hydrogens is 460 g/mol. The number of hydrogen-bond donors (Lipinski definition) is 1. The number of benzene rings is 2. The molecule has 0 saturated heterocycles. The number of imidazole rings is 1. The molecule has 0 bridgehead atoms. The lowest BCUT2D eigenvalue weighted by Gasteiger charge is -2.21. The van der Waals surface area contributed by atoms with Gasteiger partial charge in [0.1, 0.15) is 12.3 Å². The molecule has 2 saturated carbocycles. The summed E-state index contributed by atoms with van der Waals surface area (Å²) in [6, 6.07) is 13.8. The van der Waals surface area contributed by atoms with E-state index in [-0.39, 0.29) is 41.2 Å². The van der Waals surface area contributed by atoms with Gasteiger partial charge in [-0.1, -0.05) is 24.3 Å². The number of anilines is 1. The van der Waals surface area contributed by atoms with Crippen LogP contribution in [0.3, 0.4) is 0 Å². The van der Waals surface area contributed by atoms with Crippen molar-refractivity contribution in [1.29, 1.82) is 0 Å². The SMILES string of the molecule is Cn1c(NC(=O)[C@H](CC2C[C@@H](F)[C@@H](F)C2)c2ccc(S(=O)(=O)C3CC3)cc2)nc2ccccc21. The Morgan fingerprint density at radius 3 is 2.35 bits per heavy atom. The lowest BCUT2D eigenvalue weighted by atomic mass is 9.87. The van der Waals surface area contributed by atoms with E-state index >= 15 is 0 Å². The van der Waals surface area contributed by atoms with Gasteiger partial charge >= 0.3 is 0 Å². The van der Waals surface area contributed by atoms with Gasteiger partial charge < -0.3 is 4.57 Å². The molecule has 1 unspecified atom stereocenters. The number of sulfone groups is 1. The average molecular weight is 488 g/mol. The Hall–Kier alpha value is -2.81. The molecule has 2 aliphatic carbocycles. The largest absolute Gasteiger partial charge is 0.313 e. The Morgan fingerprint density at radius 2 is 1.74 bits per heavy atom. The molecule has 6 nitrogen and oxygen atoms in total. The fourth-order valence-corrected chi connectivity index (χ4v) is 6.52. The summed E-state index contributed by atoms with van der Waals surface area (Å²) in [7, 11) is -1.55. The van der Waals surface area contributed by atoms with Gasteiger partial charge in [-0.05, 0) is 67.9 Å². The summed E-state index contributed by atoms with van der Waals surface area (Å²) in [6.07, 6.45) is -1.27. The minimum atomic E-state index is -3.35. The Morgan fingerprint density at radius 1 is 1.09 bits per heavy atom. The Bertz CT molecular complexity index is 1310. The molecule has 2 aliphatic rings. The van der Waals surface area contributed by atoms with Gasteiger partial charge in [-0.15, -0.1) is 0 Å². The van der Waals surface area contributed by atoms with Crippen molar-refractivity contribution in [1.82, 2.24) is 9.55 Å². The highest BCUT2D eigenvalue weighted by Gasteiger charge is 2.39. The summed E-state index contributed by atoms with van der Waals surface area (Å²) in [5.41, 5.74) is 2.21. The molecule has 1 N–H and O–H groups in total. The van der Waals surface area contributed by atoms with Crippen LogP contribution in [-0.2, 0) is 21.7 Å². The van der Waals surface area contributed by atoms with Gasteiger partial charge in [0.2, 0.25) is 11.9 Å². The number of rotatable bonds is 7. The monoisotopic (exact) mass is 487 g/mol. The van der Waals surface area contributed by atoms with E-state index in [4.69, 9.17) is 0 Å². The second-order valence-corrected chi connectivity index (χ2v) is 11.7. The third-order valence-electron chi connectivity index (χ3n) is 6.99. The smallest absolute Gasteiger partial charge is 0.234 e. The number of nitrogens with zero attached hydrogens (tertiary/aromatic N) is 2. The van der Waals surface area contributed by atoms with Crippen LogP contribution in [0.15, 0.2) is 53.4 Å². The summed E-state index contributed by atoms with van der Waals surface area (Å²) in [5, 5.41) is 2.55. The topological polar surface area (TPSA) is 81.1 Å². The summed E-state index contributed by atoms with van der Waals surface area (Å²) < 4.78 is 54.6. The van der Waals surface area contributed by atoms with Crippen molar-refractivity contribution in [3.8, 4) is 0 Å². The van der Waals surface area contributed by atoms with E-state index < -0.39 is 28.1 Å². The number of aryl methyl sites for hydroxylation is 1. The van der Waals surface area contributed by atoms with Gasteiger partial charge in [-0.3, -0.25) is 10.1 Å². The zero-order chi connectivity index (χ0) is 24.0. The molecule has 4 atom stereocenters. The van der Waals surface area contributed by atoms with Crippen LogP contribution < -0.4 is 5.32 Å². The maximum Gasteiger partial charge on any atom is 0.234 e. The quantitative estimate of drug-likeness (QED) is 0.524. The zero-order valence-electron chi connectivity index (χ0n) is 18.8. The molecule has 5 rings (SSSR count). The molecule has 3 aromatic rings. The fourth-order valence-electron chi connectivity index (χ4n) is 4.86. The average Bonchev–Trinajstić information content (AvgIpc) is 3.58. The standard InChI is InChI=1S/C25H27F2N3O3S/c1-30-23-5-3-2-4-22(23)28-25(30)29-24(31)19(12-15-13-20(26)21(27)14-15)16-6-8-17(9-7-16)34(32,33)18-10-11-18/h2-9,15,18-21H,10-14H2,1H3,(H,28,29,31)/t15?,19-,20-,21+/m1/s1. The third kappa shape index (κ3) is 4.33. The first-order valence-corrected chi connectivity index (χ1v) is 13.1. The second-order valence-electron chi connectivity index (χ2n) is 9.44. The van der Waals surface area contributed by atoms with Crippen LogP contribution in [-0.4, -0.2) is 41.5 Å². The maximum atomic E-state index is 13.8. The summed E-state index contributed by atoms with van der Waals surface area (Å²) in [5.74, 6) is -0.938. The minimum absolute atomic E-state index is 0.0748. The third-order valence-corrected chi connectivity index (χ3v) is 9.27. The first-order chi connectivity index (χ1) is 16.2. The summed E-state index contributed by atoms with van der Waals surface area (Å²) in [4.78, 5) is 18.1. The van der Waals surface area contributed by atoms with E-state index in [0.717, 1.165) is 11.0 Å². The van der Waals surface area contributed by atoms with Crippen molar-refractivity contribution in [2.75, 3.05) is 5.32 Å². The highest BCUT2D eigenvalue weighted by atomic mass is 32.2. The minimum Gasteiger partial charge on any atom is -0.313 e. The molecule has 1 heterocycles. The van der Waals surface area contributed by atoms with Crippen LogP contribution in [0.1, 0.15) is 43.6 Å². The van der Waals surface area contributed by atoms with Crippen molar-refractivity contribution in [2.45, 2.75) is 60.5 Å². The number of carbonyl (C=O) groups is 1. The van der Waals surface area contributed by atoms with Crippen LogP contribution in [0.4, 0.5) is 14.7 Å². The highest BCUT2D eigenvalue weighted by Crippen LogP contribution is 2.39. The normalized spacial score (nSPS) is 23.8. The molecule has 180 valence electrons. The number of fused-ring (bicyclic) bond motifs is 1. The predicted octanol–water partition coefficient (Wildman–Crippen LogP) is 4.71. The molecule has 1 aromatic heterocycles. The van der Waals surface area contributed by atoms with Gasteiger partial charge in [0.25, 0.3) is 0 Å². The lowest BCUT2D eigenvalue weighted by molar-refractivity contribution is -0.118. The molecule has 34 heavy (non-hydrogen) atoms. The van der Waals surface area contributed by atoms with E-state index in [2.05, 4.69) is 10.3 Å². The molecule has 2 fully saturated rings. The first kappa shape index (κ1) is 23.0. The highest BCUT2D eigenvalue weighted by molar-refractivity contribution is 7.92. The number of carbonyl (C=O) groups excluding carboxylic acids is 1. The molecule has 0 aliphatic heterocycles. The zero-order valence-corrected chi connectivity index (χ0v) is 19.6. The maximum absolute atomic E-state index is 13.8. The van der Waals surface area contributed by atoms with Crippen molar-refractivity contribution >= 4 is 32.7 Å². The number of aromatic nitrogens is 2. The second kappa shape index (κ2) is 8.76. The summed E-state index contributed by atoms with van der Waals surface area (Å²) in [6.45, 7) is 0. The van der Waals surface area contributed by atoms with Gasteiger partial charge in [0, 0.05) is 7.05 Å². The number of halogens is 2. The van der Waals surface area contributed by atoms with Crippen LogP contribution in [0, 0.1) is 5.92 Å². The molecule has 2 aromatic carbocycles. The molecule has 0 spiro atoms. The molecule has 9 heteroatoms. The number of amides is 1. The number of nitrogens with one attached hydrogen (secondary N) is 1. The number of para-hydroxylation sites is 2. The first-order valence-electron chi connectivity index (χ1n) is 11.6. The Labute approximate surface area is 197 Å². The lowest BCUT2D eigenvalue weighted by Crippen LogP contribution is -2.25. The van der Waals surface area contributed by atoms with Crippen molar-refractivity contribution < 1.29 is 22.0 Å². The van der Waals surface area contributed by atoms with E-state index in [1.54, 1.807) is 23.7 Å². The Balaban J connectivity index is 1.42. The van der Waals surface area contributed by atoms with Gasteiger partial charge in [-0.2, -0.15) is 0 Å². The van der Waals surface area contributed by atoms with Crippen molar-refractivity contribution in [2.24, 2.45) is 13.0 Å². The molecule has 1 amide bonds. The summed E-state index contributed by atoms with van der Waals surface area (Å²) >= 11 is 0. The predicted molar refractivity (Wildman–Crippen MR) is 126 cm³/mol. The van der Waals surface area contributed by atoms with Crippen molar-refractivity contribution in [3.63, 3.8) is 0 Å². The van der Waals surface area contributed by atoms with Crippen LogP contribution in [0.5, 0.6) is 0 Å². The van der Waals surface area contributed by atoms with Crippen molar-refractivity contribution in [3.05, 3.63) is 54.1 Å². The van der Waals surface area contributed by atoms with Crippen LogP contribution in [0.25, 0.3) is 11.0 Å². The fraction of sp³-hybridized carbons (Fsp3) is 0.440. The van der Waals surface area contributed by atoms with Gasteiger partial charge in [0.05, 0.1) is 27.1 Å².